The van der Waals surface area contributed by atoms with Crippen molar-refractivity contribution in [3.05, 3.63) is 0 Å². The molecule has 0 aliphatic rings. The highest BCUT2D eigenvalue weighted by atomic mass is 32.3. The molecule has 0 saturated heterocycles. The molecular formula is C34H66O8S. The molecule has 0 aromatic carbocycles. The first-order valence-corrected chi connectivity index (χ1v) is 19.2. The van der Waals surface area contributed by atoms with Gasteiger partial charge in [0.1, 0.15) is 6.61 Å². The van der Waals surface area contributed by atoms with E-state index < -0.39 is 35.2 Å². The highest BCUT2D eigenvalue weighted by Crippen LogP contribution is 2.15. The van der Waals surface area contributed by atoms with Gasteiger partial charge in [0.25, 0.3) is 6.29 Å². The van der Waals surface area contributed by atoms with Gasteiger partial charge in [-0.05, 0) is 12.8 Å². The Balaban J connectivity index is 3.97. The second-order valence-electron chi connectivity index (χ2n) is 12.1. The summed E-state index contributed by atoms with van der Waals surface area (Å²) >= 11 is 0. The van der Waals surface area contributed by atoms with Crippen LogP contribution < -0.4 is 0 Å². The third-order valence-corrected chi connectivity index (χ3v) is 8.28. The Hall–Kier alpha value is -1.19. The Morgan fingerprint density at radius 2 is 0.744 bits per heavy atom. The first kappa shape index (κ1) is 41.8. The molecule has 0 amide bonds. The third-order valence-electron chi connectivity index (χ3n) is 7.85. The normalized spacial score (nSPS) is 11.7. The van der Waals surface area contributed by atoms with E-state index in [9.17, 15) is 18.0 Å². The highest BCUT2D eigenvalue weighted by molar-refractivity contribution is 7.80. The lowest BCUT2D eigenvalue weighted by Gasteiger charge is -2.17. The van der Waals surface area contributed by atoms with Gasteiger partial charge in [0.05, 0.1) is 0 Å². The van der Waals surface area contributed by atoms with Gasteiger partial charge in [0.2, 0.25) is 0 Å². The standard InChI is InChI=1S/C34H66O8S/c1-3-5-7-9-11-13-15-17-19-21-23-25-27-29-32(35)41-34(31-40-43(37,38)39)42-33(36)30-28-26-24-22-20-18-16-14-12-10-8-6-4-2/h34H,3-31H2,1-2H3,(H,37,38,39). The van der Waals surface area contributed by atoms with Gasteiger partial charge >= 0.3 is 22.3 Å². The quantitative estimate of drug-likeness (QED) is 0.0328. The molecule has 0 radical (unpaired) electrons. The smallest absolute Gasteiger partial charge is 0.397 e. The molecule has 0 spiro atoms. The third kappa shape index (κ3) is 33.5. The van der Waals surface area contributed by atoms with Crippen molar-refractivity contribution in [3.63, 3.8) is 0 Å². The first-order chi connectivity index (χ1) is 20.8. The van der Waals surface area contributed by atoms with Crippen LogP contribution in [0, 0.1) is 0 Å². The average Bonchev–Trinajstić information content (AvgIpc) is 2.96. The van der Waals surface area contributed by atoms with Crippen LogP contribution in [0.2, 0.25) is 0 Å². The number of ether oxygens (including phenoxy) is 2. The molecule has 0 bridgehead atoms. The molecule has 0 rings (SSSR count). The minimum atomic E-state index is -4.76. The van der Waals surface area contributed by atoms with Crippen LogP contribution in [0.1, 0.15) is 194 Å². The van der Waals surface area contributed by atoms with Crippen LogP contribution in [0.25, 0.3) is 0 Å². The van der Waals surface area contributed by atoms with Gasteiger partial charge in [-0.25, -0.2) is 4.18 Å². The summed E-state index contributed by atoms with van der Waals surface area (Å²) in [4.78, 5) is 24.5. The summed E-state index contributed by atoms with van der Waals surface area (Å²) in [5, 5.41) is 0. The zero-order valence-corrected chi connectivity index (χ0v) is 28.6. The van der Waals surface area contributed by atoms with Gasteiger partial charge in [-0.1, -0.05) is 168 Å². The summed E-state index contributed by atoms with van der Waals surface area (Å²) < 4.78 is 45.5. The summed E-state index contributed by atoms with van der Waals surface area (Å²) in [5.41, 5.74) is 0. The van der Waals surface area contributed by atoms with E-state index in [1.807, 2.05) is 0 Å². The fraction of sp³-hybridized carbons (Fsp3) is 0.941. The molecule has 8 nitrogen and oxygen atoms in total. The zero-order valence-electron chi connectivity index (χ0n) is 27.8. The second kappa shape index (κ2) is 30.8. The molecule has 0 aliphatic carbocycles. The number of unbranched alkanes of at least 4 members (excludes halogenated alkanes) is 24. The Kier molecular flexibility index (Phi) is 30.0. The minimum Gasteiger partial charge on any atom is -0.422 e. The lowest BCUT2D eigenvalue weighted by atomic mass is 10.0. The van der Waals surface area contributed by atoms with Crippen LogP contribution >= 0.6 is 0 Å². The SMILES string of the molecule is CCCCCCCCCCCCCCCC(=O)OC(COS(=O)(=O)O)OC(=O)CCCCCCCCCCCCCCC. The maximum absolute atomic E-state index is 12.3. The molecule has 0 saturated carbocycles. The molecule has 43 heavy (non-hydrogen) atoms. The molecular weight excluding hydrogens is 568 g/mol. The molecule has 0 atom stereocenters. The van der Waals surface area contributed by atoms with E-state index in [0.29, 0.717) is 12.8 Å². The van der Waals surface area contributed by atoms with Crippen molar-refractivity contribution in [2.75, 3.05) is 6.61 Å². The summed E-state index contributed by atoms with van der Waals surface area (Å²) in [5.74, 6) is -1.17. The van der Waals surface area contributed by atoms with E-state index in [0.717, 1.165) is 38.5 Å². The molecule has 0 unspecified atom stereocenters. The van der Waals surface area contributed by atoms with E-state index in [1.165, 1.54) is 116 Å². The molecule has 9 heteroatoms. The number of hydrogen-bond donors (Lipinski definition) is 1. The van der Waals surface area contributed by atoms with Gasteiger partial charge in [-0.3, -0.25) is 14.1 Å². The molecule has 256 valence electrons. The van der Waals surface area contributed by atoms with Crippen LogP contribution in [0.3, 0.4) is 0 Å². The van der Waals surface area contributed by atoms with E-state index >= 15 is 0 Å². The van der Waals surface area contributed by atoms with E-state index in [1.54, 1.807) is 0 Å². The predicted octanol–water partition coefficient (Wildman–Crippen LogP) is 10.2. The number of esters is 2. The zero-order chi connectivity index (χ0) is 31.9. The monoisotopic (exact) mass is 634 g/mol. The number of carbonyl (C=O) groups excluding carboxylic acids is 2. The Morgan fingerprint density at radius 1 is 0.488 bits per heavy atom. The Morgan fingerprint density at radius 3 is 1.00 bits per heavy atom. The number of carbonyl (C=O) groups is 2. The van der Waals surface area contributed by atoms with Crippen molar-refractivity contribution in [3.8, 4) is 0 Å². The Labute approximate surface area is 264 Å². The van der Waals surface area contributed by atoms with Crippen molar-refractivity contribution >= 4 is 22.3 Å². The van der Waals surface area contributed by atoms with E-state index in [-0.39, 0.29) is 12.8 Å². The van der Waals surface area contributed by atoms with Crippen molar-refractivity contribution in [1.82, 2.24) is 0 Å². The lowest BCUT2D eigenvalue weighted by Crippen LogP contribution is -2.30. The van der Waals surface area contributed by atoms with Crippen LogP contribution in [0.4, 0.5) is 0 Å². The van der Waals surface area contributed by atoms with Gasteiger partial charge in [0, 0.05) is 12.8 Å². The molecule has 1 N–H and O–H groups in total. The van der Waals surface area contributed by atoms with Crippen molar-refractivity contribution < 1.29 is 36.2 Å². The fourth-order valence-electron chi connectivity index (χ4n) is 5.22. The number of hydrogen-bond acceptors (Lipinski definition) is 7. The van der Waals surface area contributed by atoms with Gasteiger partial charge in [-0.2, -0.15) is 8.42 Å². The summed E-state index contributed by atoms with van der Waals surface area (Å²) in [6.45, 7) is 3.70. The summed E-state index contributed by atoms with van der Waals surface area (Å²) in [6, 6.07) is 0. The Bertz CT molecular complexity index is 697. The van der Waals surface area contributed by atoms with E-state index in [4.69, 9.17) is 14.0 Å². The van der Waals surface area contributed by atoms with Gasteiger partial charge in [0.15, 0.2) is 0 Å². The molecule has 0 aliphatic heterocycles. The van der Waals surface area contributed by atoms with Gasteiger partial charge in [-0.15, -0.1) is 0 Å². The summed E-state index contributed by atoms with van der Waals surface area (Å²) in [6.07, 6.45) is 29.8. The lowest BCUT2D eigenvalue weighted by molar-refractivity contribution is -0.193. The molecule has 0 fully saturated rings. The maximum atomic E-state index is 12.3. The molecule has 0 aromatic heterocycles. The highest BCUT2D eigenvalue weighted by Gasteiger charge is 2.22. The largest absolute Gasteiger partial charge is 0.422 e. The van der Waals surface area contributed by atoms with Crippen LogP contribution in [-0.4, -0.2) is 37.8 Å². The van der Waals surface area contributed by atoms with Gasteiger partial charge < -0.3 is 9.47 Å². The first-order valence-electron chi connectivity index (χ1n) is 17.8. The maximum Gasteiger partial charge on any atom is 0.397 e. The molecule has 0 heterocycles. The van der Waals surface area contributed by atoms with Crippen LogP contribution in [-0.2, 0) is 33.6 Å². The number of rotatable bonds is 33. The van der Waals surface area contributed by atoms with Crippen molar-refractivity contribution in [2.45, 2.75) is 200 Å². The van der Waals surface area contributed by atoms with Crippen molar-refractivity contribution in [2.24, 2.45) is 0 Å². The topological polar surface area (TPSA) is 116 Å². The summed E-state index contributed by atoms with van der Waals surface area (Å²) in [7, 11) is -4.76. The fourth-order valence-corrected chi connectivity index (χ4v) is 5.50. The van der Waals surface area contributed by atoms with Crippen molar-refractivity contribution in [1.29, 1.82) is 0 Å². The minimum absolute atomic E-state index is 0.149. The average molecular weight is 635 g/mol. The van der Waals surface area contributed by atoms with Crippen LogP contribution in [0.5, 0.6) is 0 Å². The predicted molar refractivity (Wildman–Crippen MR) is 174 cm³/mol. The van der Waals surface area contributed by atoms with Crippen LogP contribution in [0.15, 0.2) is 0 Å². The second-order valence-corrected chi connectivity index (χ2v) is 13.2. The van der Waals surface area contributed by atoms with E-state index in [2.05, 4.69) is 18.0 Å². The molecule has 0 aromatic rings.